The van der Waals surface area contributed by atoms with Crippen molar-refractivity contribution in [2.75, 3.05) is 18.8 Å². The van der Waals surface area contributed by atoms with Crippen molar-refractivity contribution in [3.05, 3.63) is 0 Å². The predicted octanol–water partition coefficient (Wildman–Crippen LogP) is 2.82. The highest BCUT2D eigenvalue weighted by Crippen LogP contribution is 2.36. The molecule has 3 unspecified atom stereocenters. The first-order valence-electron chi connectivity index (χ1n) is 6.16. The molecule has 1 aliphatic carbocycles. The molecular weight excluding hydrogens is 190 g/mol. The Morgan fingerprint density at radius 3 is 2.86 bits per heavy atom. The molecule has 3 atom stereocenters. The lowest BCUT2D eigenvalue weighted by Gasteiger charge is -2.33. The fourth-order valence-corrected chi connectivity index (χ4v) is 3.30. The van der Waals surface area contributed by atoms with Gasteiger partial charge in [0.05, 0.1) is 0 Å². The van der Waals surface area contributed by atoms with Gasteiger partial charge in [-0.25, -0.2) is 0 Å². The first-order chi connectivity index (χ1) is 6.81. The van der Waals surface area contributed by atoms with E-state index >= 15 is 0 Å². The van der Waals surface area contributed by atoms with Crippen LogP contribution in [-0.2, 0) is 0 Å². The fraction of sp³-hybridized carbons (Fsp3) is 1.00. The van der Waals surface area contributed by atoms with Gasteiger partial charge in [0.15, 0.2) is 0 Å². The SMILES string of the molecule is CC(CS)CN1CCC2CCCCC21. The summed E-state index contributed by atoms with van der Waals surface area (Å²) in [6.45, 7) is 4.96. The molecule has 1 saturated carbocycles. The van der Waals surface area contributed by atoms with Crippen molar-refractivity contribution in [3.8, 4) is 0 Å². The van der Waals surface area contributed by atoms with Crippen molar-refractivity contribution in [2.24, 2.45) is 11.8 Å². The number of nitrogens with zero attached hydrogens (tertiary/aromatic N) is 1. The van der Waals surface area contributed by atoms with E-state index in [0.29, 0.717) is 0 Å². The minimum atomic E-state index is 0.763. The van der Waals surface area contributed by atoms with Gasteiger partial charge in [-0.15, -0.1) is 0 Å². The number of fused-ring (bicyclic) bond motifs is 1. The molecule has 1 aliphatic heterocycles. The van der Waals surface area contributed by atoms with Crippen LogP contribution < -0.4 is 0 Å². The molecule has 0 aromatic rings. The van der Waals surface area contributed by atoms with E-state index in [-0.39, 0.29) is 0 Å². The molecule has 2 aliphatic rings. The van der Waals surface area contributed by atoms with Gasteiger partial charge in [0.2, 0.25) is 0 Å². The van der Waals surface area contributed by atoms with Crippen LogP contribution in [0.1, 0.15) is 39.0 Å². The number of likely N-dealkylation sites (tertiary alicyclic amines) is 1. The largest absolute Gasteiger partial charge is 0.300 e. The molecular formula is C12H23NS. The summed E-state index contributed by atoms with van der Waals surface area (Å²) in [5.74, 6) is 2.84. The van der Waals surface area contributed by atoms with Crippen LogP contribution in [0.2, 0.25) is 0 Å². The van der Waals surface area contributed by atoms with Crippen molar-refractivity contribution in [2.45, 2.75) is 45.1 Å². The first kappa shape index (κ1) is 10.8. The van der Waals surface area contributed by atoms with Crippen LogP contribution in [0.25, 0.3) is 0 Å². The Labute approximate surface area is 93.7 Å². The van der Waals surface area contributed by atoms with E-state index in [1.54, 1.807) is 0 Å². The summed E-state index contributed by atoms with van der Waals surface area (Å²) in [4.78, 5) is 2.74. The maximum absolute atomic E-state index is 4.38. The van der Waals surface area contributed by atoms with Crippen molar-refractivity contribution in [1.82, 2.24) is 4.90 Å². The zero-order valence-electron chi connectivity index (χ0n) is 9.28. The van der Waals surface area contributed by atoms with Gasteiger partial charge in [0.25, 0.3) is 0 Å². The van der Waals surface area contributed by atoms with Crippen LogP contribution in [0.3, 0.4) is 0 Å². The second-order valence-corrected chi connectivity index (χ2v) is 5.55. The second kappa shape index (κ2) is 4.89. The van der Waals surface area contributed by atoms with Crippen molar-refractivity contribution < 1.29 is 0 Å². The van der Waals surface area contributed by atoms with E-state index < -0.39 is 0 Å². The van der Waals surface area contributed by atoms with Crippen LogP contribution in [0.15, 0.2) is 0 Å². The number of hydrogen-bond donors (Lipinski definition) is 1. The summed E-state index contributed by atoms with van der Waals surface area (Å²) < 4.78 is 0. The van der Waals surface area contributed by atoms with Gasteiger partial charge in [-0.1, -0.05) is 19.8 Å². The Balaban J connectivity index is 1.87. The maximum Gasteiger partial charge on any atom is 0.0124 e. The van der Waals surface area contributed by atoms with Crippen LogP contribution in [-0.4, -0.2) is 29.8 Å². The Kier molecular flexibility index (Phi) is 3.78. The Morgan fingerprint density at radius 1 is 1.29 bits per heavy atom. The minimum Gasteiger partial charge on any atom is -0.300 e. The standard InChI is InChI=1S/C12H23NS/c1-10(9-14)8-13-7-6-11-4-2-3-5-12(11)13/h10-12,14H,2-9H2,1H3. The highest BCUT2D eigenvalue weighted by atomic mass is 32.1. The van der Waals surface area contributed by atoms with Crippen molar-refractivity contribution in [3.63, 3.8) is 0 Å². The average molecular weight is 213 g/mol. The van der Waals surface area contributed by atoms with E-state index in [2.05, 4.69) is 24.5 Å². The molecule has 14 heavy (non-hydrogen) atoms. The predicted molar refractivity (Wildman–Crippen MR) is 65.0 cm³/mol. The number of hydrogen-bond acceptors (Lipinski definition) is 2. The van der Waals surface area contributed by atoms with Crippen molar-refractivity contribution >= 4 is 12.6 Å². The molecule has 0 aromatic carbocycles. The van der Waals surface area contributed by atoms with Crippen LogP contribution in [0.4, 0.5) is 0 Å². The van der Waals surface area contributed by atoms with Gasteiger partial charge < -0.3 is 0 Å². The molecule has 2 heteroatoms. The maximum atomic E-state index is 4.38. The van der Waals surface area contributed by atoms with Gasteiger partial charge in [0, 0.05) is 12.6 Å². The summed E-state index contributed by atoms with van der Waals surface area (Å²) in [6.07, 6.45) is 7.37. The van der Waals surface area contributed by atoms with E-state index in [4.69, 9.17) is 0 Å². The third-order valence-corrected chi connectivity index (χ3v) is 4.61. The van der Waals surface area contributed by atoms with Gasteiger partial charge in [0.1, 0.15) is 0 Å². The van der Waals surface area contributed by atoms with Gasteiger partial charge in [-0.05, 0) is 43.4 Å². The highest BCUT2D eigenvalue weighted by molar-refractivity contribution is 7.80. The summed E-state index contributed by atoms with van der Waals surface area (Å²) in [7, 11) is 0. The zero-order chi connectivity index (χ0) is 9.97. The van der Waals surface area contributed by atoms with Crippen LogP contribution in [0, 0.1) is 11.8 Å². The lowest BCUT2D eigenvalue weighted by atomic mass is 9.85. The lowest BCUT2D eigenvalue weighted by Crippen LogP contribution is -2.37. The Morgan fingerprint density at radius 2 is 2.07 bits per heavy atom. The van der Waals surface area contributed by atoms with E-state index in [9.17, 15) is 0 Å². The fourth-order valence-electron chi connectivity index (χ4n) is 3.19. The van der Waals surface area contributed by atoms with E-state index in [1.807, 2.05) is 0 Å². The molecule has 82 valence electrons. The molecule has 1 heterocycles. The Bertz CT molecular complexity index is 183. The Hall–Kier alpha value is 0.310. The normalized spacial score (nSPS) is 35.6. The summed E-state index contributed by atoms with van der Waals surface area (Å²) >= 11 is 4.38. The minimum absolute atomic E-state index is 0.763. The third-order valence-electron chi connectivity index (χ3n) is 3.98. The van der Waals surface area contributed by atoms with Crippen molar-refractivity contribution in [1.29, 1.82) is 0 Å². The second-order valence-electron chi connectivity index (χ2n) is 5.18. The molecule has 2 rings (SSSR count). The smallest absolute Gasteiger partial charge is 0.0124 e. The monoisotopic (exact) mass is 213 g/mol. The summed E-state index contributed by atoms with van der Waals surface area (Å²) in [5, 5.41) is 0. The molecule has 1 saturated heterocycles. The molecule has 0 amide bonds. The molecule has 0 radical (unpaired) electrons. The number of rotatable bonds is 3. The molecule has 0 aromatic heterocycles. The van der Waals surface area contributed by atoms with Gasteiger partial charge in [-0.2, -0.15) is 12.6 Å². The first-order valence-corrected chi connectivity index (χ1v) is 6.79. The molecule has 1 nitrogen and oxygen atoms in total. The number of thiol groups is 1. The topological polar surface area (TPSA) is 3.24 Å². The third kappa shape index (κ3) is 2.27. The van der Waals surface area contributed by atoms with Gasteiger partial charge in [-0.3, -0.25) is 4.90 Å². The van der Waals surface area contributed by atoms with E-state index in [0.717, 1.165) is 23.6 Å². The molecule has 0 bridgehead atoms. The highest BCUT2D eigenvalue weighted by Gasteiger charge is 2.35. The van der Waals surface area contributed by atoms with E-state index in [1.165, 1.54) is 45.2 Å². The van der Waals surface area contributed by atoms with Crippen LogP contribution in [0.5, 0.6) is 0 Å². The average Bonchev–Trinajstić information content (AvgIpc) is 2.62. The lowest BCUT2D eigenvalue weighted by molar-refractivity contribution is 0.168. The molecule has 0 N–H and O–H groups in total. The zero-order valence-corrected chi connectivity index (χ0v) is 10.2. The molecule has 0 spiro atoms. The summed E-state index contributed by atoms with van der Waals surface area (Å²) in [6, 6.07) is 0.936. The summed E-state index contributed by atoms with van der Waals surface area (Å²) in [5.41, 5.74) is 0. The van der Waals surface area contributed by atoms with Gasteiger partial charge >= 0.3 is 0 Å². The van der Waals surface area contributed by atoms with Crippen LogP contribution >= 0.6 is 12.6 Å². The molecule has 2 fully saturated rings. The quantitative estimate of drug-likeness (QED) is 0.706.